The standard InChI is InChI=1S/C22H25N5O3S/c1-30-19-7-9-20(10-8-19)31(28,29)27-15-13-26(14-16-27)22-12-11-21(24-25-22)23-17-18-5-3-2-4-6-18/h2-12H,13-17H2,1H3,(H,23,24). The molecule has 2 heterocycles. The highest BCUT2D eigenvalue weighted by Crippen LogP contribution is 2.22. The highest BCUT2D eigenvalue weighted by Gasteiger charge is 2.29. The number of ether oxygens (including phenoxy) is 1. The van der Waals surface area contributed by atoms with Crippen LogP contribution in [-0.2, 0) is 16.6 Å². The zero-order valence-corrected chi connectivity index (χ0v) is 18.1. The first kappa shape index (κ1) is 21.1. The Balaban J connectivity index is 1.33. The first-order valence-electron chi connectivity index (χ1n) is 10.1. The minimum absolute atomic E-state index is 0.274. The van der Waals surface area contributed by atoms with Crippen LogP contribution in [0.15, 0.2) is 71.6 Å². The first-order chi connectivity index (χ1) is 15.1. The molecular weight excluding hydrogens is 414 g/mol. The zero-order chi connectivity index (χ0) is 21.7. The van der Waals surface area contributed by atoms with Crippen LogP contribution in [0.1, 0.15) is 5.56 Å². The van der Waals surface area contributed by atoms with Crippen molar-refractivity contribution in [2.75, 3.05) is 43.5 Å². The van der Waals surface area contributed by atoms with E-state index in [2.05, 4.69) is 15.5 Å². The predicted octanol–water partition coefficient (Wildman–Crippen LogP) is 2.61. The molecule has 0 saturated carbocycles. The van der Waals surface area contributed by atoms with Crippen LogP contribution in [0.25, 0.3) is 0 Å². The maximum absolute atomic E-state index is 12.9. The van der Waals surface area contributed by atoms with Gasteiger partial charge in [-0.3, -0.25) is 0 Å². The number of anilines is 2. The Morgan fingerprint density at radius 2 is 1.61 bits per heavy atom. The predicted molar refractivity (Wildman–Crippen MR) is 120 cm³/mol. The van der Waals surface area contributed by atoms with Crippen LogP contribution in [0, 0.1) is 0 Å². The van der Waals surface area contributed by atoms with E-state index in [4.69, 9.17) is 4.74 Å². The molecule has 8 nitrogen and oxygen atoms in total. The van der Waals surface area contributed by atoms with Gasteiger partial charge in [0.05, 0.1) is 12.0 Å². The number of sulfonamides is 1. The summed E-state index contributed by atoms with van der Waals surface area (Å²) in [6, 6.07) is 20.4. The van der Waals surface area contributed by atoms with Crippen LogP contribution in [0.5, 0.6) is 5.75 Å². The van der Waals surface area contributed by atoms with Crippen LogP contribution < -0.4 is 15.0 Å². The number of hydrogen-bond donors (Lipinski definition) is 1. The van der Waals surface area contributed by atoms with E-state index in [0.717, 1.165) is 5.82 Å². The molecule has 162 valence electrons. The van der Waals surface area contributed by atoms with E-state index in [-0.39, 0.29) is 4.90 Å². The lowest BCUT2D eigenvalue weighted by atomic mass is 10.2. The largest absolute Gasteiger partial charge is 0.497 e. The van der Waals surface area contributed by atoms with Crippen LogP contribution >= 0.6 is 0 Å². The molecule has 1 fully saturated rings. The second-order valence-electron chi connectivity index (χ2n) is 7.18. The van der Waals surface area contributed by atoms with Crippen molar-refractivity contribution in [3.8, 4) is 5.75 Å². The van der Waals surface area contributed by atoms with Gasteiger partial charge in [-0.25, -0.2) is 8.42 Å². The smallest absolute Gasteiger partial charge is 0.243 e. The molecule has 1 aliphatic heterocycles. The number of benzene rings is 2. The van der Waals surface area contributed by atoms with Crippen molar-refractivity contribution in [1.82, 2.24) is 14.5 Å². The lowest BCUT2D eigenvalue weighted by molar-refractivity contribution is 0.383. The summed E-state index contributed by atoms with van der Waals surface area (Å²) >= 11 is 0. The lowest BCUT2D eigenvalue weighted by Crippen LogP contribution is -2.48. The van der Waals surface area contributed by atoms with Gasteiger partial charge >= 0.3 is 0 Å². The van der Waals surface area contributed by atoms with Gasteiger partial charge in [0.15, 0.2) is 5.82 Å². The lowest BCUT2D eigenvalue weighted by Gasteiger charge is -2.34. The summed E-state index contributed by atoms with van der Waals surface area (Å²) < 4.78 is 32.4. The SMILES string of the molecule is COc1ccc(S(=O)(=O)N2CCN(c3ccc(NCc4ccccc4)nn3)CC2)cc1. The number of piperazine rings is 1. The van der Waals surface area contributed by atoms with Gasteiger partial charge in [-0.2, -0.15) is 4.31 Å². The average Bonchev–Trinajstić information content (AvgIpc) is 2.84. The Kier molecular flexibility index (Phi) is 6.34. The fourth-order valence-electron chi connectivity index (χ4n) is 3.43. The van der Waals surface area contributed by atoms with Crippen molar-refractivity contribution >= 4 is 21.7 Å². The first-order valence-corrected chi connectivity index (χ1v) is 11.5. The Labute approximate surface area is 182 Å². The zero-order valence-electron chi connectivity index (χ0n) is 17.3. The maximum atomic E-state index is 12.9. The molecule has 0 bridgehead atoms. The molecule has 3 aromatic rings. The van der Waals surface area contributed by atoms with E-state index in [9.17, 15) is 8.42 Å². The fourth-order valence-corrected chi connectivity index (χ4v) is 4.85. The molecule has 1 aliphatic rings. The van der Waals surface area contributed by atoms with Crippen molar-refractivity contribution in [2.45, 2.75) is 11.4 Å². The minimum atomic E-state index is -3.53. The third kappa shape index (κ3) is 4.95. The monoisotopic (exact) mass is 439 g/mol. The molecule has 31 heavy (non-hydrogen) atoms. The van der Waals surface area contributed by atoms with E-state index < -0.39 is 10.0 Å². The van der Waals surface area contributed by atoms with Gasteiger partial charge in [-0.1, -0.05) is 30.3 Å². The second-order valence-corrected chi connectivity index (χ2v) is 9.12. The van der Waals surface area contributed by atoms with Crippen LogP contribution in [-0.4, -0.2) is 56.2 Å². The molecule has 2 aromatic carbocycles. The summed E-state index contributed by atoms with van der Waals surface area (Å²) in [7, 11) is -1.97. The van der Waals surface area contributed by atoms with E-state index in [1.165, 1.54) is 9.87 Å². The van der Waals surface area contributed by atoms with E-state index in [1.807, 2.05) is 47.4 Å². The highest BCUT2D eigenvalue weighted by atomic mass is 32.2. The molecule has 0 unspecified atom stereocenters. The molecular formula is C22H25N5O3S. The van der Waals surface area contributed by atoms with Gasteiger partial charge in [0.1, 0.15) is 11.6 Å². The van der Waals surface area contributed by atoms with Gasteiger partial charge < -0.3 is 15.0 Å². The van der Waals surface area contributed by atoms with Gasteiger partial charge in [-0.15, -0.1) is 10.2 Å². The number of methoxy groups -OCH3 is 1. The molecule has 1 N–H and O–H groups in total. The van der Waals surface area contributed by atoms with Crippen LogP contribution in [0.4, 0.5) is 11.6 Å². The molecule has 0 aliphatic carbocycles. The molecule has 0 spiro atoms. The molecule has 0 radical (unpaired) electrons. The molecule has 1 aromatic heterocycles. The molecule has 9 heteroatoms. The second kappa shape index (κ2) is 9.32. The summed E-state index contributed by atoms with van der Waals surface area (Å²) in [6.07, 6.45) is 0. The van der Waals surface area contributed by atoms with Gasteiger partial charge in [-0.05, 0) is 42.0 Å². The quantitative estimate of drug-likeness (QED) is 0.605. The van der Waals surface area contributed by atoms with Gasteiger partial charge in [0, 0.05) is 32.7 Å². The summed E-state index contributed by atoms with van der Waals surface area (Å²) in [5, 5.41) is 11.8. The Bertz CT molecular complexity index is 1080. The van der Waals surface area contributed by atoms with Crippen LogP contribution in [0.2, 0.25) is 0 Å². The van der Waals surface area contributed by atoms with Crippen molar-refractivity contribution < 1.29 is 13.2 Å². The third-order valence-electron chi connectivity index (χ3n) is 5.23. The number of aromatic nitrogens is 2. The van der Waals surface area contributed by atoms with E-state index in [0.29, 0.717) is 44.3 Å². The van der Waals surface area contributed by atoms with Crippen molar-refractivity contribution in [1.29, 1.82) is 0 Å². The molecule has 4 rings (SSSR count). The summed E-state index contributed by atoms with van der Waals surface area (Å²) in [5.41, 5.74) is 1.17. The Morgan fingerprint density at radius 1 is 0.903 bits per heavy atom. The minimum Gasteiger partial charge on any atom is -0.497 e. The van der Waals surface area contributed by atoms with E-state index >= 15 is 0 Å². The average molecular weight is 440 g/mol. The number of rotatable bonds is 7. The topological polar surface area (TPSA) is 87.7 Å². The third-order valence-corrected chi connectivity index (χ3v) is 7.14. The fraction of sp³-hybridized carbons (Fsp3) is 0.273. The molecule has 0 atom stereocenters. The molecule has 1 saturated heterocycles. The maximum Gasteiger partial charge on any atom is 0.243 e. The summed E-state index contributed by atoms with van der Waals surface area (Å²) in [6.45, 7) is 2.58. The summed E-state index contributed by atoms with van der Waals surface area (Å²) in [4.78, 5) is 2.32. The Morgan fingerprint density at radius 3 is 2.23 bits per heavy atom. The van der Waals surface area contributed by atoms with Crippen molar-refractivity contribution in [3.63, 3.8) is 0 Å². The van der Waals surface area contributed by atoms with Gasteiger partial charge in [0.2, 0.25) is 10.0 Å². The number of nitrogens with zero attached hydrogens (tertiary/aromatic N) is 4. The van der Waals surface area contributed by atoms with Crippen molar-refractivity contribution in [2.24, 2.45) is 0 Å². The number of nitrogens with one attached hydrogen (secondary N) is 1. The normalized spacial score (nSPS) is 14.9. The van der Waals surface area contributed by atoms with Crippen LogP contribution in [0.3, 0.4) is 0 Å². The highest BCUT2D eigenvalue weighted by molar-refractivity contribution is 7.89. The van der Waals surface area contributed by atoms with Gasteiger partial charge in [0.25, 0.3) is 0 Å². The van der Waals surface area contributed by atoms with Crippen molar-refractivity contribution in [3.05, 3.63) is 72.3 Å². The van der Waals surface area contributed by atoms with E-state index in [1.54, 1.807) is 31.4 Å². The Hall–Kier alpha value is -3.17. The number of hydrogen-bond acceptors (Lipinski definition) is 7. The summed E-state index contributed by atoms with van der Waals surface area (Å²) in [5.74, 6) is 2.07. The molecule has 0 amide bonds.